The maximum absolute atomic E-state index is 6.33. The van der Waals surface area contributed by atoms with Gasteiger partial charge < -0.3 is 19.5 Å². The second kappa shape index (κ2) is 10.7. The number of aromatic nitrogens is 2. The van der Waals surface area contributed by atoms with Crippen molar-refractivity contribution in [3.8, 4) is 5.69 Å². The lowest BCUT2D eigenvalue weighted by molar-refractivity contribution is 0.0365. The first kappa shape index (κ1) is 24.3. The number of morpholine rings is 1. The number of nitrogens with one attached hydrogen (secondary N) is 1. The van der Waals surface area contributed by atoms with Gasteiger partial charge in [-0.15, -0.1) is 0 Å². The fourth-order valence-corrected chi connectivity index (χ4v) is 5.89. The van der Waals surface area contributed by atoms with E-state index in [2.05, 4.69) is 51.7 Å². The average Bonchev–Trinajstić information content (AvgIpc) is 3.35. The second-order valence-corrected chi connectivity index (χ2v) is 10.1. The minimum atomic E-state index is -0.0135. The van der Waals surface area contributed by atoms with Crippen molar-refractivity contribution in [3.63, 3.8) is 0 Å². The van der Waals surface area contributed by atoms with E-state index >= 15 is 0 Å². The molecule has 0 radical (unpaired) electrons. The summed E-state index contributed by atoms with van der Waals surface area (Å²) in [6, 6.07) is 16.4. The van der Waals surface area contributed by atoms with Crippen LogP contribution in [0.1, 0.15) is 41.1 Å². The summed E-state index contributed by atoms with van der Waals surface area (Å²) < 4.78 is 7.79. The number of aryl methyl sites for hydroxylation is 1. The van der Waals surface area contributed by atoms with Crippen LogP contribution < -0.4 is 5.32 Å². The highest BCUT2D eigenvalue weighted by Crippen LogP contribution is 2.41. The molecule has 35 heavy (non-hydrogen) atoms. The van der Waals surface area contributed by atoms with Gasteiger partial charge in [-0.1, -0.05) is 23.7 Å². The van der Waals surface area contributed by atoms with Crippen LogP contribution in [0.25, 0.3) is 5.69 Å². The van der Waals surface area contributed by atoms with Crippen molar-refractivity contribution in [3.05, 3.63) is 82.4 Å². The summed E-state index contributed by atoms with van der Waals surface area (Å²) in [6.45, 7) is 9.92. The molecule has 8 heteroatoms. The molecule has 2 saturated heterocycles. The van der Waals surface area contributed by atoms with E-state index in [9.17, 15) is 0 Å². The average molecular weight is 510 g/mol. The van der Waals surface area contributed by atoms with Crippen LogP contribution in [0.15, 0.2) is 54.7 Å². The van der Waals surface area contributed by atoms with Crippen molar-refractivity contribution in [2.24, 2.45) is 0 Å². The number of nitrogens with zero attached hydrogens (tertiary/aromatic N) is 4. The lowest BCUT2D eigenvalue weighted by Crippen LogP contribution is -2.39. The third-order valence-corrected chi connectivity index (χ3v) is 7.62. The first-order chi connectivity index (χ1) is 17.0. The number of hydrogen-bond donors (Lipinski definition) is 1. The molecule has 2 aromatic heterocycles. The first-order valence-electron chi connectivity index (χ1n) is 12.3. The van der Waals surface area contributed by atoms with Gasteiger partial charge in [0.2, 0.25) is 0 Å². The van der Waals surface area contributed by atoms with E-state index in [-0.39, 0.29) is 12.1 Å². The normalized spacial score (nSPS) is 20.9. The van der Waals surface area contributed by atoms with Crippen molar-refractivity contribution in [2.45, 2.75) is 32.4 Å². The Hall–Kier alpha value is -2.45. The minimum Gasteiger partial charge on any atom is -0.379 e. The van der Waals surface area contributed by atoms with Crippen LogP contribution in [-0.2, 0) is 4.74 Å². The molecule has 3 aromatic rings. The summed E-state index contributed by atoms with van der Waals surface area (Å²) in [6.07, 6.45) is 2.90. The fourth-order valence-electron chi connectivity index (χ4n) is 5.37. The van der Waals surface area contributed by atoms with Gasteiger partial charge in [0.05, 0.1) is 31.0 Å². The zero-order valence-electron chi connectivity index (χ0n) is 20.3. The van der Waals surface area contributed by atoms with Gasteiger partial charge in [-0.25, -0.2) is 0 Å². The van der Waals surface area contributed by atoms with Gasteiger partial charge in [-0.05, 0) is 74.4 Å². The van der Waals surface area contributed by atoms with Crippen molar-refractivity contribution >= 4 is 28.9 Å². The molecular weight excluding hydrogens is 478 g/mol. The van der Waals surface area contributed by atoms with E-state index in [1.165, 1.54) is 17.0 Å². The SMILES string of the molecule is Cc1cc([C@H]2[C@H](c3ccccn3)NC(=S)N2CCCN2CCOCC2)c(C)n1-c1cccc(Cl)c1. The van der Waals surface area contributed by atoms with Crippen molar-refractivity contribution in [1.29, 1.82) is 0 Å². The standard InChI is InChI=1S/C27H32ClN5OS/c1-19-17-23(20(2)33(19)22-8-5-7-21(28)18-22)26-25(24-9-3-4-10-29-24)30-27(35)32(26)12-6-11-31-13-15-34-16-14-31/h3-5,7-10,17-18,25-26H,6,11-16H2,1-2H3,(H,30,35)/t25-,26-/m0/s1. The third kappa shape index (κ3) is 5.09. The highest BCUT2D eigenvalue weighted by atomic mass is 35.5. The molecule has 5 rings (SSSR count). The summed E-state index contributed by atoms with van der Waals surface area (Å²) in [5.74, 6) is 0. The third-order valence-electron chi connectivity index (χ3n) is 7.03. The molecule has 6 nitrogen and oxygen atoms in total. The topological polar surface area (TPSA) is 45.6 Å². The smallest absolute Gasteiger partial charge is 0.170 e. The minimum absolute atomic E-state index is 0.0135. The van der Waals surface area contributed by atoms with Crippen LogP contribution in [0, 0.1) is 13.8 Å². The Balaban J connectivity index is 1.47. The number of pyridine rings is 1. The molecule has 1 aromatic carbocycles. The number of rotatable bonds is 7. The Morgan fingerprint density at radius 2 is 1.91 bits per heavy atom. The predicted molar refractivity (Wildman–Crippen MR) is 144 cm³/mol. The lowest BCUT2D eigenvalue weighted by atomic mass is 9.96. The van der Waals surface area contributed by atoms with E-state index in [1.807, 2.05) is 36.5 Å². The maximum atomic E-state index is 6.33. The van der Waals surface area contributed by atoms with Crippen LogP contribution in [0.4, 0.5) is 0 Å². The molecular formula is C27H32ClN5OS. The highest BCUT2D eigenvalue weighted by Gasteiger charge is 2.41. The quantitative estimate of drug-likeness (QED) is 0.460. The zero-order chi connectivity index (χ0) is 24.4. The monoisotopic (exact) mass is 509 g/mol. The van der Waals surface area contributed by atoms with Gasteiger partial charge >= 0.3 is 0 Å². The predicted octanol–water partition coefficient (Wildman–Crippen LogP) is 4.84. The Bertz CT molecular complexity index is 1180. The molecule has 0 aliphatic carbocycles. The molecule has 2 aliphatic rings. The van der Waals surface area contributed by atoms with Gasteiger partial charge in [0.1, 0.15) is 0 Å². The molecule has 184 valence electrons. The van der Waals surface area contributed by atoms with Gasteiger partial charge in [-0.2, -0.15) is 0 Å². The van der Waals surface area contributed by atoms with E-state index in [0.29, 0.717) is 0 Å². The first-order valence-corrected chi connectivity index (χ1v) is 13.0. The summed E-state index contributed by atoms with van der Waals surface area (Å²) in [5, 5.41) is 5.12. The van der Waals surface area contributed by atoms with E-state index in [0.717, 1.165) is 67.3 Å². The van der Waals surface area contributed by atoms with Crippen LogP contribution >= 0.6 is 23.8 Å². The molecule has 1 N–H and O–H groups in total. The number of ether oxygens (including phenoxy) is 1. The number of halogens is 1. The molecule has 2 atom stereocenters. The summed E-state index contributed by atoms with van der Waals surface area (Å²) >= 11 is 12.2. The fraction of sp³-hybridized carbons (Fsp3) is 0.407. The van der Waals surface area contributed by atoms with Crippen molar-refractivity contribution in [2.75, 3.05) is 39.4 Å². The van der Waals surface area contributed by atoms with Gasteiger partial charge in [0.15, 0.2) is 5.11 Å². The van der Waals surface area contributed by atoms with E-state index in [4.69, 9.17) is 33.5 Å². The van der Waals surface area contributed by atoms with Crippen LogP contribution in [0.2, 0.25) is 5.02 Å². The Morgan fingerprint density at radius 1 is 1.09 bits per heavy atom. The van der Waals surface area contributed by atoms with Gasteiger partial charge in [0.25, 0.3) is 0 Å². The summed E-state index contributed by atoms with van der Waals surface area (Å²) in [5.41, 5.74) is 5.70. The van der Waals surface area contributed by atoms with E-state index < -0.39 is 0 Å². The summed E-state index contributed by atoms with van der Waals surface area (Å²) in [7, 11) is 0. The Labute approximate surface area is 217 Å². The van der Waals surface area contributed by atoms with Crippen molar-refractivity contribution < 1.29 is 4.74 Å². The van der Waals surface area contributed by atoms with Crippen LogP contribution in [-0.4, -0.2) is 63.9 Å². The number of hydrogen-bond acceptors (Lipinski definition) is 4. The second-order valence-electron chi connectivity index (χ2n) is 9.27. The van der Waals surface area contributed by atoms with Gasteiger partial charge in [-0.3, -0.25) is 9.88 Å². The molecule has 0 bridgehead atoms. The molecule has 0 amide bonds. The molecule has 4 heterocycles. The molecule has 0 spiro atoms. The van der Waals surface area contributed by atoms with Crippen LogP contribution in [0.3, 0.4) is 0 Å². The Kier molecular flexibility index (Phi) is 7.39. The molecule has 2 fully saturated rings. The Morgan fingerprint density at radius 3 is 2.66 bits per heavy atom. The molecule has 0 unspecified atom stereocenters. The lowest BCUT2D eigenvalue weighted by Gasteiger charge is -2.30. The largest absolute Gasteiger partial charge is 0.379 e. The van der Waals surface area contributed by atoms with E-state index in [1.54, 1.807) is 0 Å². The number of thiocarbonyl (C=S) groups is 1. The number of benzene rings is 1. The van der Waals surface area contributed by atoms with Crippen molar-refractivity contribution in [1.82, 2.24) is 24.7 Å². The maximum Gasteiger partial charge on any atom is 0.170 e. The molecule has 0 saturated carbocycles. The zero-order valence-corrected chi connectivity index (χ0v) is 21.9. The summed E-state index contributed by atoms with van der Waals surface area (Å²) in [4.78, 5) is 9.53. The molecule has 2 aliphatic heterocycles. The van der Waals surface area contributed by atoms with Crippen LogP contribution in [0.5, 0.6) is 0 Å². The highest BCUT2D eigenvalue weighted by molar-refractivity contribution is 7.80. The van der Waals surface area contributed by atoms with Gasteiger partial charge in [0, 0.05) is 54.5 Å².